The second-order valence-corrected chi connectivity index (χ2v) is 5.37. The minimum atomic E-state index is -0.00977. The number of nitrogens with one attached hydrogen (secondary N) is 1. The van der Waals surface area contributed by atoms with E-state index in [1.165, 1.54) is 0 Å². The van der Waals surface area contributed by atoms with Crippen molar-refractivity contribution in [2.75, 3.05) is 6.61 Å². The van der Waals surface area contributed by atoms with Crippen LogP contribution in [0.3, 0.4) is 0 Å². The van der Waals surface area contributed by atoms with Gasteiger partial charge in [0, 0.05) is 38.1 Å². The summed E-state index contributed by atoms with van der Waals surface area (Å²) in [6, 6.07) is 5.66. The normalized spacial score (nSPS) is 21.8. The maximum Gasteiger partial charge on any atom is 0.138 e. The van der Waals surface area contributed by atoms with Gasteiger partial charge in [0.15, 0.2) is 0 Å². The van der Waals surface area contributed by atoms with Crippen LogP contribution in [0.2, 0.25) is 0 Å². The minimum Gasteiger partial charge on any atom is -0.506 e. The first kappa shape index (κ1) is 14.0. The summed E-state index contributed by atoms with van der Waals surface area (Å²) < 4.78 is 7.67. The number of pyridine rings is 1. The lowest BCUT2D eigenvalue weighted by atomic mass is 10.1. The fourth-order valence-electron chi connectivity index (χ4n) is 2.71. The van der Waals surface area contributed by atoms with Crippen molar-refractivity contribution in [3.63, 3.8) is 0 Å². The van der Waals surface area contributed by atoms with E-state index in [1.54, 1.807) is 18.3 Å². The number of hydrogen-bond donors (Lipinski definition) is 2. The first-order valence-corrected chi connectivity index (χ1v) is 7.13. The van der Waals surface area contributed by atoms with E-state index in [9.17, 15) is 5.11 Å². The van der Waals surface area contributed by atoms with Crippen LogP contribution in [0.4, 0.5) is 0 Å². The maximum atomic E-state index is 9.86. The molecule has 2 aromatic rings. The first-order valence-electron chi connectivity index (χ1n) is 7.13. The SMILES string of the molecule is Cc1ccc(O)c(CN[C@H]2CCO[C@@H]2c2ccnn2C)n1. The molecule has 0 radical (unpaired) electrons. The molecule has 1 aliphatic rings. The summed E-state index contributed by atoms with van der Waals surface area (Å²) in [5.41, 5.74) is 2.63. The van der Waals surface area contributed by atoms with Crippen molar-refractivity contribution < 1.29 is 9.84 Å². The Morgan fingerprint density at radius 1 is 1.43 bits per heavy atom. The molecule has 112 valence electrons. The highest BCUT2D eigenvalue weighted by molar-refractivity contribution is 5.27. The highest BCUT2D eigenvalue weighted by Gasteiger charge is 2.31. The summed E-state index contributed by atoms with van der Waals surface area (Å²) in [4.78, 5) is 4.37. The first-order chi connectivity index (χ1) is 10.1. The fourth-order valence-corrected chi connectivity index (χ4v) is 2.71. The van der Waals surface area contributed by atoms with Crippen molar-refractivity contribution in [3.8, 4) is 5.75 Å². The number of ether oxygens (including phenoxy) is 1. The van der Waals surface area contributed by atoms with Crippen molar-refractivity contribution >= 4 is 0 Å². The lowest BCUT2D eigenvalue weighted by molar-refractivity contribution is 0.0918. The van der Waals surface area contributed by atoms with Crippen LogP contribution in [0.5, 0.6) is 5.75 Å². The number of aromatic hydroxyl groups is 1. The summed E-state index contributed by atoms with van der Waals surface area (Å²) in [6.45, 7) is 3.16. The van der Waals surface area contributed by atoms with Crippen molar-refractivity contribution in [1.29, 1.82) is 0 Å². The Bertz CT molecular complexity index is 626. The van der Waals surface area contributed by atoms with Gasteiger partial charge in [-0.15, -0.1) is 0 Å². The topological polar surface area (TPSA) is 72.2 Å². The van der Waals surface area contributed by atoms with Gasteiger partial charge in [0.05, 0.1) is 11.4 Å². The van der Waals surface area contributed by atoms with Gasteiger partial charge in [-0.3, -0.25) is 9.67 Å². The van der Waals surface area contributed by atoms with Gasteiger partial charge in [0.2, 0.25) is 0 Å². The molecule has 2 N–H and O–H groups in total. The van der Waals surface area contributed by atoms with Crippen molar-refractivity contribution in [1.82, 2.24) is 20.1 Å². The highest BCUT2D eigenvalue weighted by Crippen LogP contribution is 2.29. The smallest absolute Gasteiger partial charge is 0.138 e. The van der Waals surface area contributed by atoms with Crippen LogP contribution < -0.4 is 5.32 Å². The monoisotopic (exact) mass is 288 g/mol. The molecule has 0 unspecified atom stereocenters. The average Bonchev–Trinajstić information content (AvgIpc) is 3.08. The summed E-state index contributed by atoms with van der Waals surface area (Å²) in [5.74, 6) is 0.226. The lowest BCUT2D eigenvalue weighted by Gasteiger charge is -2.20. The summed E-state index contributed by atoms with van der Waals surface area (Å²) in [5, 5.41) is 17.5. The van der Waals surface area contributed by atoms with Crippen LogP contribution in [-0.2, 0) is 18.3 Å². The molecule has 1 aliphatic heterocycles. The standard InChI is InChI=1S/C15H20N4O2/c1-10-3-4-14(20)12(18-10)9-16-11-6-8-21-15(11)13-5-7-17-19(13)2/h3-5,7,11,15-16,20H,6,8-9H2,1-2H3/t11-,15-/m0/s1. The maximum absolute atomic E-state index is 9.86. The Kier molecular flexibility index (Phi) is 3.90. The second-order valence-electron chi connectivity index (χ2n) is 5.37. The Morgan fingerprint density at radius 2 is 2.29 bits per heavy atom. The van der Waals surface area contributed by atoms with Crippen LogP contribution in [0.25, 0.3) is 0 Å². The van der Waals surface area contributed by atoms with Gasteiger partial charge in [-0.2, -0.15) is 5.10 Å². The van der Waals surface area contributed by atoms with Crippen LogP contribution in [0, 0.1) is 6.92 Å². The number of hydrogen-bond acceptors (Lipinski definition) is 5. The van der Waals surface area contributed by atoms with Crippen LogP contribution in [0.15, 0.2) is 24.4 Å². The molecule has 6 nitrogen and oxygen atoms in total. The van der Waals surface area contributed by atoms with Crippen LogP contribution >= 0.6 is 0 Å². The van der Waals surface area contributed by atoms with Crippen molar-refractivity contribution in [3.05, 3.63) is 41.5 Å². The molecule has 0 aromatic carbocycles. The Morgan fingerprint density at radius 3 is 3.05 bits per heavy atom. The van der Waals surface area contributed by atoms with Crippen molar-refractivity contribution in [2.24, 2.45) is 7.05 Å². The third-order valence-corrected chi connectivity index (χ3v) is 3.86. The largest absolute Gasteiger partial charge is 0.506 e. The molecule has 3 rings (SSSR count). The van der Waals surface area contributed by atoms with Gasteiger partial charge in [-0.1, -0.05) is 0 Å². The molecule has 0 saturated carbocycles. The quantitative estimate of drug-likeness (QED) is 0.891. The molecular formula is C15H20N4O2. The van der Waals surface area contributed by atoms with Gasteiger partial charge < -0.3 is 15.2 Å². The molecule has 1 saturated heterocycles. The third kappa shape index (κ3) is 2.91. The molecule has 0 aliphatic carbocycles. The minimum absolute atomic E-state index is 0.00977. The summed E-state index contributed by atoms with van der Waals surface area (Å²) in [7, 11) is 1.92. The molecular weight excluding hydrogens is 268 g/mol. The predicted molar refractivity (Wildman–Crippen MR) is 77.8 cm³/mol. The zero-order valence-electron chi connectivity index (χ0n) is 12.3. The molecule has 2 atom stereocenters. The van der Waals surface area contributed by atoms with Crippen LogP contribution in [-0.4, -0.2) is 32.5 Å². The third-order valence-electron chi connectivity index (χ3n) is 3.86. The van der Waals surface area contributed by atoms with E-state index >= 15 is 0 Å². The molecule has 21 heavy (non-hydrogen) atoms. The average molecular weight is 288 g/mol. The molecule has 1 fully saturated rings. The van der Waals surface area contributed by atoms with E-state index < -0.39 is 0 Å². The second kappa shape index (κ2) is 5.83. The Balaban J connectivity index is 1.70. The zero-order chi connectivity index (χ0) is 14.8. The number of nitrogens with zero attached hydrogens (tertiary/aromatic N) is 3. The molecule has 3 heterocycles. The van der Waals surface area contributed by atoms with E-state index in [0.29, 0.717) is 12.2 Å². The van der Waals surface area contributed by atoms with E-state index in [1.807, 2.05) is 24.7 Å². The summed E-state index contributed by atoms with van der Waals surface area (Å²) in [6.07, 6.45) is 2.70. The zero-order valence-corrected chi connectivity index (χ0v) is 12.3. The molecule has 2 aromatic heterocycles. The fraction of sp³-hybridized carbons (Fsp3) is 0.467. The van der Waals surface area contributed by atoms with Crippen LogP contribution in [0.1, 0.15) is 29.6 Å². The van der Waals surface area contributed by atoms with Gasteiger partial charge in [-0.05, 0) is 31.5 Å². The molecule has 0 spiro atoms. The van der Waals surface area contributed by atoms with E-state index in [2.05, 4.69) is 15.4 Å². The van der Waals surface area contributed by atoms with Crippen molar-refractivity contribution in [2.45, 2.75) is 32.0 Å². The van der Waals surface area contributed by atoms with E-state index in [-0.39, 0.29) is 17.9 Å². The Labute approximate surface area is 123 Å². The van der Waals surface area contributed by atoms with E-state index in [0.717, 1.165) is 24.4 Å². The number of aromatic nitrogens is 3. The van der Waals surface area contributed by atoms with Gasteiger partial charge in [0.25, 0.3) is 0 Å². The molecule has 0 bridgehead atoms. The van der Waals surface area contributed by atoms with Gasteiger partial charge >= 0.3 is 0 Å². The predicted octanol–water partition coefficient (Wildman–Crippen LogP) is 1.45. The molecule has 6 heteroatoms. The van der Waals surface area contributed by atoms with Gasteiger partial charge in [0.1, 0.15) is 11.9 Å². The number of rotatable bonds is 4. The van der Waals surface area contributed by atoms with Gasteiger partial charge in [-0.25, -0.2) is 0 Å². The Hall–Kier alpha value is -1.92. The molecule has 0 amide bonds. The van der Waals surface area contributed by atoms with E-state index in [4.69, 9.17) is 4.74 Å². The number of aryl methyl sites for hydroxylation is 2. The lowest BCUT2D eigenvalue weighted by Crippen LogP contribution is -2.32. The summed E-state index contributed by atoms with van der Waals surface area (Å²) >= 11 is 0. The highest BCUT2D eigenvalue weighted by atomic mass is 16.5.